The molecule has 0 aromatic heterocycles. The fourth-order valence-corrected chi connectivity index (χ4v) is 3.20. The summed E-state index contributed by atoms with van der Waals surface area (Å²) in [5, 5.41) is 2.91. The maximum absolute atomic E-state index is 12.2. The quantitative estimate of drug-likeness (QED) is 0.814. The number of benzene rings is 1. The molecular weight excluding hydrogens is 294 g/mol. The lowest BCUT2D eigenvalue weighted by Crippen LogP contribution is -2.36. The van der Waals surface area contributed by atoms with Gasteiger partial charge in [-0.1, -0.05) is 12.1 Å². The van der Waals surface area contributed by atoms with Crippen LogP contribution in [0.3, 0.4) is 0 Å². The van der Waals surface area contributed by atoms with E-state index in [1.165, 1.54) is 0 Å². The van der Waals surface area contributed by atoms with Gasteiger partial charge in [0.15, 0.2) is 0 Å². The normalized spacial score (nSPS) is 20.9. The number of amides is 3. The minimum Gasteiger partial charge on any atom is -0.356 e. The van der Waals surface area contributed by atoms with Crippen molar-refractivity contribution in [1.29, 1.82) is 0 Å². The summed E-state index contributed by atoms with van der Waals surface area (Å²) in [4.78, 5) is 39.7. The first-order valence-electron chi connectivity index (χ1n) is 7.96. The Balaban J connectivity index is 1.48. The Bertz CT molecular complexity index is 609. The molecule has 0 aliphatic carbocycles. The number of hydrogen-bond donors (Lipinski definition) is 1. The number of likely N-dealkylation sites (tertiary alicyclic amines) is 1. The van der Waals surface area contributed by atoms with Gasteiger partial charge in [-0.15, -0.1) is 0 Å². The lowest BCUT2D eigenvalue weighted by atomic mass is 10.1. The van der Waals surface area contributed by atoms with Gasteiger partial charge in [0, 0.05) is 26.1 Å². The molecule has 1 aromatic rings. The second-order valence-corrected chi connectivity index (χ2v) is 6.28. The third kappa shape index (κ3) is 3.27. The summed E-state index contributed by atoms with van der Waals surface area (Å²) >= 11 is 0. The van der Waals surface area contributed by atoms with Crippen molar-refractivity contribution in [2.24, 2.45) is 5.92 Å². The van der Waals surface area contributed by atoms with Gasteiger partial charge < -0.3 is 10.2 Å². The van der Waals surface area contributed by atoms with Crippen molar-refractivity contribution in [2.75, 3.05) is 33.2 Å². The number of hydrogen-bond acceptors (Lipinski definition) is 4. The standard InChI is InChI=1S/C17H21N3O3/c1-19-8-6-12(11-19)10-18-15(21)7-9-20-16(22)13-4-2-3-5-14(13)17(20)23/h2-5,12H,6-11H2,1H3,(H,18,21). The second-order valence-electron chi connectivity index (χ2n) is 6.28. The van der Waals surface area contributed by atoms with E-state index in [0.717, 1.165) is 24.4 Å². The molecule has 23 heavy (non-hydrogen) atoms. The number of carbonyl (C=O) groups is 3. The van der Waals surface area contributed by atoms with Crippen molar-refractivity contribution in [3.8, 4) is 0 Å². The van der Waals surface area contributed by atoms with Crippen LogP contribution >= 0.6 is 0 Å². The Labute approximate surface area is 135 Å². The van der Waals surface area contributed by atoms with Crippen molar-refractivity contribution < 1.29 is 14.4 Å². The van der Waals surface area contributed by atoms with E-state index in [0.29, 0.717) is 23.6 Å². The molecule has 0 saturated carbocycles. The highest BCUT2D eigenvalue weighted by Gasteiger charge is 2.34. The third-order valence-electron chi connectivity index (χ3n) is 4.52. The van der Waals surface area contributed by atoms with E-state index in [4.69, 9.17) is 0 Å². The molecule has 1 saturated heterocycles. The largest absolute Gasteiger partial charge is 0.356 e. The fourth-order valence-electron chi connectivity index (χ4n) is 3.20. The first kappa shape index (κ1) is 15.7. The Hall–Kier alpha value is -2.21. The van der Waals surface area contributed by atoms with Crippen molar-refractivity contribution in [2.45, 2.75) is 12.8 Å². The van der Waals surface area contributed by atoms with Gasteiger partial charge in [0.2, 0.25) is 5.91 Å². The third-order valence-corrected chi connectivity index (χ3v) is 4.52. The monoisotopic (exact) mass is 315 g/mol. The van der Waals surface area contributed by atoms with Crippen LogP contribution in [0.1, 0.15) is 33.6 Å². The number of fused-ring (bicyclic) bond motifs is 1. The zero-order valence-corrected chi connectivity index (χ0v) is 13.2. The minimum absolute atomic E-state index is 0.115. The SMILES string of the molecule is CN1CCC(CNC(=O)CCN2C(=O)c3ccccc3C2=O)C1. The van der Waals surface area contributed by atoms with E-state index < -0.39 is 0 Å². The van der Waals surface area contributed by atoms with Crippen molar-refractivity contribution >= 4 is 17.7 Å². The van der Waals surface area contributed by atoms with E-state index in [2.05, 4.69) is 17.3 Å². The summed E-state index contributed by atoms with van der Waals surface area (Å²) in [6.45, 7) is 2.85. The topological polar surface area (TPSA) is 69.7 Å². The van der Waals surface area contributed by atoms with Crippen LogP contribution in [0.5, 0.6) is 0 Å². The summed E-state index contributed by atoms with van der Waals surface area (Å²) in [6.07, 6.45) is 1.24. The summed E-state index contributed by atoms with van der Waals surface area (Å²) in [5.41, 5.74) is 0.846. The van der Waals surface area contributed by atoms with E-state index in [-0.39, 0.29) is 30.7 Å². The van der Waals surface area contributed by atoms with Crippen LogP contribution in [0.15, 0.2) is 24.3 Å². The predicted molar refractivity (Wildman–Crippen MR) is 85.0 cm³/mol. The molecule has 1 atom stereocenters. The Kier molecular flexibility index (Phi) is 4.43. The zero-order chi connectivity index (χ0) is 16.4. The van der Waals surface area contributed by atoms with Gasteiger partial charge in [0.05, 0.1) is 11.1 Å². The molecule has 1 fully saturated rings. The van der Waals surface area contributed by atoms with E-state index in [9.17, 15) is 14.4 Å². The van der Waals surface area contributed by atoms with Crippen molar-refractivity contribution in [1.82, 2.24) is 15.1 Å². The highest BCUT2D eigenvalue weighted by Crippen LogP contribution is 2.22. The van der Waals surface area contributed by atoms with E-state index >= 15 is 0 Å². The Morgan fingerprint density at radius 2 is 1.87 bits per heavy atom. The van der Waals surface area contributed by atoms with Crippen LogP contribution in [0.4, 0.5) is 0 Å². The van der Waals surface area contributed by atoms with Gasteiger partial charge in [0.25, 0.3) is 11.8 Å². The summed E-state index contributed by atoms with van der Waals surface area (Å²) in [5.74, 6) is -0.244. The van der Waals surface area contributed by atoms with Crippen LogP contribution in [0.2, 0.25) is 0 Å². The van der Waals surface area contributed by atoms with Crippen LogP contribution in [0.25, 0.3) is 0 Å². The molecule has 1 N–H and O–H groups in total. The number of imide groups is 1. The number of nitrogens with one attached hydrogen (secondary N) is 1. The molecule has 1 aromatic carbocycles. The molecule has 2 aliphatic rings. The van der Waals surface area contributed by atoms with Gasteiger partial charge in [-0.2, -0.15) is 0 Å². The van der Waals surface area contributed by atoms with E-state index in [1.807, 2.05) is 0 Å². The predicted octanol–water partition coefficient (Wildman–Crippen LogP) is 0.741. The smallest absolute Gasteiger partial charge is 0.261 e. The average Bonchev–Trinajstić information content (AvgIpc) is 3.07. The fraction of sp³-hybridized carbons (Fsp3) is 0.471. The highest BCUT2D eigenvalue weighted by molar-refractivity contribution is 6.21. The Morgan fingerprint density at radius 3 is 2.43 bits per heavy atom. The van der Waals surface area contributed by atoms with E-state index in [1.54, 1.807) is 24.3 Å². The van der Waals surface area contributed by atoms with Gasteiger partial charge in [-0.05, 0) is 38.1 Å². The van der Waals surface area contributed by atoms with Gasteiger partial charge in [-0.25, -0.2) is 0 Å². The van der Waals surface area contributed by atoms with Crippen LogP contribution in [-0.2, 0) is 4.79 Å². The maximum Gasteiger partial charge on any atom is 0.261 e. The molecule has 6 nitrogen and oxygen atoms in total. The molecule has 1 unspecified atom stereocenters. The summed E-state index contributed by atoms with van der Waals surface area (Å²) in [6, 6.07) is 6.76. The molecule has 2 heterocycles. The molecule has 0 spiro atoms. The van der Waals surface area contributed by atoms with Gasteiger partial charge >= 0.3 is 0 Å². The summed E-state index contributed by atoms with van der Waals surface area (Å²) < 4.78 is 0. The number of nitrogens with zero attached hydrogens (tertiary/aromatic N) is 2. The lowest BCUT2D eigenvalue weighted by molar-refractivity contribution is -0.121. The molecule has 0 radical (unpaired) electrons. The molecule has 3 amide bonds. The highest BCUT2D eigenvalue weighted by atomic mass is 16.2. The van der Waals surface area contributed by atoms with Gasteiger partial charge in [-0.3, -0.25) is 19.3 Å². The minimum atomic E-state index is -0.309. The van der Waals surface area contributed by atoms with Crippen LogP contribution in [-0.4, -0.2) is 60.7 Å². The zero-order valence-electron chi connectivity index (χ0n) is 13.2. The van der Waals surface area contributed by atoms with Crippen LogP contribution < -0.4 is 5.32 Å². The number of rotatable bonds is 5. The lowest BCUT2D eigenvalue weighted by Gasteiger charge is -2.15. The van der Waals surface area contributed by atoms with Crippen molar-refractivity contribution in [3.63, 3.8) is 0 Å². The molecule has 0 bridgehead atoms. The second kappa shape index (κ2) is 6.50. The van der Waals surface area contributed by atoms with Crippen LogP contribution in [0, 0.1) is 5.92 Å². The molecular formula is C17H21N3O3. The first-order valence-corrected chi connectivity index (χ1v) is 7.96. The first-order chi connectivity index (χ1) is 11.1. The Morgan fingerprint density at radius 1 is 1.22 bits per heavy atom. The molecule has 122 valence electrons. The maximum atomic E-state index is 12.2. The summed E-state index contributed by atoms with van der Waals surface area (Å²) in [7, 11) is 2.07. The molecule has 3 rings (SSSR count). The number of carbonyl (C=O) groups excluding carboxylic acids is 3. The molecule has 2 aliphatic heterocycles. The van der Waals surface area contributed by atoms with Crippen molar-refractivity contribution in [3.05, 3.63) is 35.4 Å². The average molecular weight is 315 g/mol. The van der Waals surface area contributed by atoms with Gasteiger partial charge in [0.1, 0.15) is 0 Å². The molecule has 6 heteroatoms.